The molecule has 0 aliphatic carbocycles. The Morgan fingerprint density at radius 1 is 1.06 bits per heavy atom. The van der Waals surface area contributed by atoms with Crippen LogP contribution in [0.25, 0.3) is 0 Å². The molecule has 2 aromatic rings. The minimum absolute atomic E-state index is 0.0925. The van der Waals surface area contributed by atoms with E-state index in [0.717, 1.165) is 17.7 Å². The fourth-order valence-corrected chi connectivity index (χ4v) is 4.37. The van der Waals surface area contributed by atoms with Crippen LogP contribution in [0.5, 0.6) is 5.75 Å². The van der Waals surface area contributed by atoms with Gasteiger partial charge in [0.05, 0.1) is 12.9 Å². The molecule has 3 amide bonds. The van der Waals surface area contributed by atoms with E-state index in [0.29, 0.717) is 13.1 Å². The maximum Gasteiger partial charge on any atom is 0.230 e. The number of carbonyl (C=O) groups excluding carboxylic acids is 3. The highest BCUT2D eigenvalue weighted by atomic mass is 32.2. The molecular weight excluding hydrogens is 440 g/mol. The van der Waals surface area contributed by atoms with Gasteiger partial charge >= 0.3 is 0 Å². The van der Waals surface area contributed by atoms with Crippen molar-refractivity contribution in [2.24, 2.45) is 0 Å². The lowest BCUT2D eigenvalue weighted by Gasteiger charge is -2.30. The molecule has 2 aromatic carbocycles. The highest BCUT2D eigenvalue weighted by molar-refractivity contribution is 8.00. The summed E-state index contributed by atoms with van der Waals surface area (Å²) in [7, 11) is 1.60. The molecule has 33 heavy (non-hydrogen) atoms. The summed E-state index contributed by atoms with van der Waals surface area (Å²) in [4.78, 5) is 36.6. The average Bonchev–Trinajstić information content (AvgIpc) is 2.82. The highest BCUT2D eigenvalue weighted by Gasteiger charge is 2.28. The van der Waals surface area contributed by atoms with E-state index >= 15 is 0 Å². The van der Waals surface area contributed by atoms with E-state index in [4.69, 9.17) is 4.74 Å². The number of thioether (sulfide) groups is 1. The van der Waals surface area contributed by atoms with Crippen LogP contribution < -0.4 is 26.0 Å². The molecule has 0 aromatic heterocycles. The molecule has 9 heteroatoms. The van der Waals surface area contributed by atoms with Crippen LogP contribution in [0.4, 0.5) is 0 Å². The zero-order chi connectivity index (χ0) is 23.5. The zero-order valence-electron chi connectivity index (χ0n) is 18.6. The topological polar surface area (TPSA) is 109 Å². The van der Waals surface area contributed by atoms with Gasteiger partial charge in [0.25, 0.3) is 0 Å². The van der Waals surface area contributed by atoms with Gasteiger partial charge in [0.15, 0.2) is 0 Å². The molecule has 8 nitrogen and oxygen atoms in total. The average molecular weight is 471 g/mol. The predicted molar refractivity (Wildman–Crippen MR) is 129 cm³/mol. The third kappa shape index (κ3) is 8.78. The van der Waals surface area contributed by atoms with Crippen LogP contribution in [-0.2, 0) is 27.3 Å². The molecule has 0 saturated carbocycles. The Kier molecular flexibility index (Phi) is 9.59. The fraction of sp³-hybridized carbons (Fsp3) is 0.375. The van der Waals surface area contributed by atoms with E-state index in [9.17, 15) is 14.4 Å². The Bertz CT molecular complexity index is 941. The molecule has 3 rings (SSSR count). The molecule has 1 fully saturated rings. The van der Waals surface area contributed by atoms with Crippen molar-refractivity contribution in [2.45, 2.75) is 37.3 Å². The first-order valence-corrected chi connectivity index (χ1v) is 11.9. The van der Waals surface area contributed by atoms with Crippen LogP contribution in [0.15, 0.2) is 54.6 Å². The standard InChI is InChI=1S/C24H30N4O4S/c1-32-20-9-5-8-18(12-20)15-26-21(29)13-19-14-22(30)28-24(27-19)33-16-23(31)25-11-10-17-6-3-2-4-7-17/h2-9,12,19,24,27H,10-11,13-16H2,1H3,(H,25,31)(H,26,29)(H,28,30). The van der Waals surface area contributed by atoms with Gasteiger partial charge in [-0.15, -0.1) is 11.8 Å². The summed E-state index contributed by atoms with van der Waals surface area (Å²) >= 11 is 1.30. The summed E-state index contributed by atoms with van der Waals surface area (Å²) in [6.07, 6.45) is 1.16. The summed E-state index contributed by atoms with van der Waals surface area (Å²) < 4.78 is 5.19. The van der Waals surface area contributed by atoms with Crippen molar-refractivity contribution < 1.29 is 19.1 Å². The second-order valence-electron chi connectivity index (χ2n) is 7.74. The van der Waals surface area contributed by atoms with Crippen LogP contribution in [0.3, 0.4) is 0 Å². The number of hydrogen-bond donors (Lipinski definition) is 4. The number of rotatable bonds is 11. The van der Waals surface area contributed by atoms with E-state index < -0.39 is 5.50 Å². The highest BCUT2D eigenvalue weighted by Crippen LogP contribution is 2.15. The summed E-state index contributed by atoms with van der Waals surface area (Å²) in [6.45, 7) is 0.945. The smallest absolute Gasteiger partial charge is 0.230 e. The third-order valence-electron chi connectivity index (χ3n) is 5.13. The van der Waals surface area contributed by atoms with Gasteiger partial charge in [0.2, 0.25) is 17.7 Å². The van der Waals surface area contributed by atoms with Crippen molar-refractivity contribution in [1.82, 2.24) is 21.3 Å². The van der Waals surface area contributed by atoms with Crippen LogP contribution in [-0.4, -0.2) is 48.7 Å². The number of carbonyl (C=O) groups is 3. The lowest BCUT2D eigenvalue weighted by molar-refractivity contribution is -0.125. The number of methoxy groups -OCH3 is 1. The molecule has 2 atom stereocenters. The summed E-state index contributed by atoms with van der Waals surface area (Å²) in [5.41, 5.74) is 1.69. The maximum absolute atomic E-state index is 12.4. The van der Waals surface area contributed by atoms with Gasteiger partial charge in [-0.3, -0.25) is 19.7 Å². The first-order valence-electron chi connectivity index (χ1n) is 10.9. The molecule has 176 valence electrons. The van der Waals surface area contributed by atoms with Crippen LogP contribution >= 0.6 is 11.8 Å². The molecule has 0 bridgehead atoms. The van der Waals surface area contributed by atoms with Crippen LogP contribution in [0.1, 0.15) is 24.0 Å². The van der Waals surface area contributed by atoms with Gasteiger partial charge < -0.3 is 20.7 Å². The molecule has 2 unspecified atom stereocenters. The Hall–Kier alpha value is -3.04. The van der Waals surface area contributed by atoms with Crippen LogP contribution in [0, 0.1) is 0 Å². The SMILES string of the molecule is COc1cccc(CNC(=O)CC2CC(=O)NC(SCC(=O)NCCc3ccccc3)N2)c1. The quantitative estimate of drug-likeness (QED) is 0.397. The molecule has 1 saturated heterocycles. The van der Waals surface area contributed by atoms with Crippen molar-refractivity contribution in [3.63, 3.8) is 0 Å². The van der Waals surface area contributed by atoms with E-state index in [1.165, 1.54) is 17.3 Å². The molecule has 4 N–H and O–H groups in total. The van der Waals surface area contributed by atoms with Gasteiger partial charge in [-0.05, 0) is 29.7 Å². The van der Waals surface area contributed by atoms with Gasteiger partial charge in [0, 0.05) is 32.0 Å². The largest absolute Gasteiger partial charge is 0.497 e. The molecular formula is C24H30N4O4S. The third-order valence-corrected chi connectivity index (χ3v) is 6.14. The fourth-order valence-electron chi connectivity index (χ4n) is 3.44. The number of nitrogens with one attached hydrogen (secondary N) is 4. The van der Waals surface area contributed by atoms with Crippen LogP contribution in [0.2, 0.25) is 0 Å². The van der Waals surface area contributed by atoms with Crippen molar-refractivity contribution in [2.75, 3.05) is 19.4 Å². The van der Waals surface area contributed by atoms with Gasteiger partial charge in [-0.1, -0.05) is 42.5 Å². The Morgan fingerprint density at radius 2 is 1.85 bits per heavy atom. The summed E-state index contributed by atoms with van der Waals surface area (Å²) in [6, 6.07) is 17.1. The molecule has 0 spiro atoms. The van der Waals surface area contributed by atoms with Crippen molar-refractivity contribution in [3.05, 3.63) is 65.7 Å². The minimum Gasteiger partial charge on any atom is -0.497 e. The van der Waals surface area contributed by atoms with Gasteiger partial charge in [0.1, 0.15) is 11.2 Å². The number of amides is 3. The summed E-state index contributed by atoms with van der Waals surface area (Å²) in [5.74, 6) is 0.567. The minimum atomic E-state index is -0.415. The number of ether oxygens (including phenoxy) is 1. The second-order valence-corrected chi connectivity index (χ2v) is 8.84. The van der Waals surface area contributed by atoms with E-state index in [1.54, 1.807) is 7.11 Å². The molecule has 1 aliphatic rings. The Morgan fingerprint density at radius 3 is 2.64 bits per heavy atom. The maximum atomic E-state index is 12.4. The molecule has 1 aliphatic heterocycles. The molecule has 1 heterocycles. The van der Waals surface area contributed by atoms with Crippen molar-refractivity contribution >= 4 is 29.5 Å². The number of hydrogen-bond acceptors (Lipinski definition) is 6. The first-order chi connectivity index (χ1) is 16.0. The second kappa shape index (κ2) is 12.9. The van der Waals surface area contributed by atoms with E-state index in [-0.39, 0.29) is 42.4 Å². The van der Waals surface area contributed by atoms with Gasteiger partial charge in [-0.25, -0.2) is 0 Å². The lowest BCUT2D eigenvalue weighted by Crippen LogP contribution is -2.56. The van der Waals surface area contributed by atoms with E-state index in [2.05, 4.69) is 21.3 Å². The Balaban J connectivity index is 1.36. The lowest BCUT2D eigenvalue weighted by atomic mass is 10.1. The first kappa shape index (κ1) is 24.6. The zero-order valence-corrected chi connectivity index (χ0v) is 19.5. The monoisotopic (exact) mass is 470 g/mol. The van der Waals surface area contributed by atoms with Crippen molar-refractivity contribution in [3.8, 4) is 5.75 Å². The normalized spacial score (nSPS) is 17.7. The van der Waals surface area contributed by atoms with Crippen molar-refractivity contribution in [1.29, 1.82) is 0 Å². The van der Waals surface area contributed by atoms with Gasteiger partial charge in [-0.2, -0.15) is 0 Å². The molecule has 0 radical (unpaired) electrons. The summed E-state index contributed by atoms with van der Waals surface area (Å²) in [5, 5.41) is 11.8. The van der Waals surface area contributed by atoms with E-state index in [1.807, 2.05) is 54.6 Å². The Labute approximate surface area is 198 Å². The predicted octanol–water partition coefficient (Wildman–Crippen LogP) is 1.56. The number of benzene rings is 2.